The van der Waals surface area contributed by atoms with Gasteiger partial charge in [-0.25, -0.2) is 0 Å². The van der Waals surface area contributed by atoms with Gasteiger partial charge in [0, 0.05) is 11.8 Å². The first kappa shape index (κ1) is 9.02. The average Bonchev–Trinajstić information content (AvgIpc) is 2.00. The highest BCUT2D eigenvalue weighted by molar-refractivity contribution is 6.24. The summed E-state index contributed by atoms with van der Waals surface area (Å²) >= 11 is 5.50. The van der Waals surface area contributed by atoms with Crippen molar-refractivity contribution in [3.8, 4) is 0 Å². The Kier molecular flexibility index (Phi) is 2.08. The number of nitrogens with zero attached hydrogens (tertiary/aromatic N) is 1. The zero-order valence-corrected chi connectivity index (χ0v) is 6.73. The van der Waals surface area contributed by atoms with Crippen molar-refractivity contribution in [2.75, 3.05) is 0 Å². The Labute approximate surface area is 73.3 Å². The van der Waals surface area contributed by atoms with Gasteiger partial charge in [0.15, 0.2) is 6.10 Å². The molecule has 6 heteroatoms. The number of allylic oxidation sites excluding steroid dienone is 2. The topological polar surface area (TPSA) is 89.4 Å². The second-order valence-corrected chi connectivity index (χ2v) is 3.02. The molecule has 0 bridgehead atoms. The molecule has 0 aromatic carbocycles. The van der Waals surface area contributed by atoms with Crippen molar-refractivity contribution in [2.45, 2.75) is 11.1 Å². The molecule has 0 amide bonds. The molecule has 0 fully saturated rings. The zero-order valence-electron chi connectivity index (χ0n) is 5.98. The Morgan fingerprint density at radius 3 is 2.83 bits per heavy atom. The molecule has 1 rings (SSSR count). The highest BCUT2D eigenvalue weighted by Crippen LogP contribution is 2.28. The molecule has 3 N–H and O–H groups in total. The number of aliphatic hydroxyl groups excluding tert-OH is 1. The second kappa shape index (κ2) is 2.76. The average molecular weight is 191 g/mol. The van der Waals surface area contributed by atoms with E-state index in [0.717, 1.165) is 6.08 Å². The fraction of sp³-hybridized carbons (Fsp3) is 0.333. The lowest BCUT2D eigenvalue weighted by Gasteiger charge is -2.23. The van der Waals surface area contributed by atoms with Crippen LogP contribution in [0.25, 0.3) is 0 Å². The molecule has 0 spiro atoms. The largest absolute Gasteiger partial charge is 0.400 e. The summed E-state index contributed by atoms with van der Waals surface area (Å²) in [6.07, 6.45) is 2.33. The van der Waals surface area contributed by atoms with Gasteiger partial charge in [-0.05, 0) is 17.7 Å². The van der Waals surface area contributed by atoms with E-state index in [0.29, 0.717) is 0 Å². The van der Waals surface area contributed by atoms with E-state index in [1.165, 1.54) is 12.2 Å². The summed E-state index contributed by atoms with van der Waals surface area (Å²) in [7, 11) is 0. The maximum absolute atomic E-state index is 10.4. The summed E-state index contributed by atoms with van der Waals surface area (Å²) in [5, 5.41) is 19.7. The van der Waals surface area contributed by atoms with Gasteiger partial charge in [-0.15, -0.1) is 0 Å². The minimum absolute atomic E-state index is 0.01000. The minimum Gasteiger partial charge on any atom is -0.400 e. The van der Waals surface area contributed by atoms with Crippen LogP contribution in [0.2, 0.25) is 0 Å². The summed E-state index contributed by atoms with van der Waals surface area (Å²) in [5.74, 6) is 0. The van der Waals surface area contributed by atoms with Crippen LogP contribution in [0.5, 0.6) is 0 Å². The molecule has 1 aliphatic carbocycles. The normalized spacial score (nSPS) is 34.5. The van der Waals surface area contributed by atoms with Gasteiger partial charge in [0.1, 0.15) is 0 Å². The van der Waals surface area contributed by atoms with Crippen LogP contribution >= 0.6 is 11.6 Å². The molecule has 12 heavy (non-hydrogen) atoms. The minimum atomic E-state index is -2.02. The number of aliphatic hydroxyl groups is 1. The van der Waals surface area contributed by atoms with Gasteiger partial charge in [0.25, 0.3) is 0 Å². The molecule has 0 saturated heterocycles. The van der Waals surface area contributed by atoms with Crippen molar-refractivity contribution >= 4 is 11.6 Å². The molecule has 1 aliphatic rings. The van der Waals surface area contributed by atoms with E-state index in [2.05, 4.69) is 0 Å². The highest BCUT2D eigenvalue weighted by atomic mass is 35.5. The molecule has 0 aliphatic heterocycles. The maximum atomic E-state index is 10.4. The van der Waals surface area contributed by atoms with Gasteiger partial charge >= 0.3 is 5.00 Å². The molecule has 2 atom stereocenters. The van der Waals surface area contributed by atoms with Crippen LogP contribution in [0, 0.1) is 10.1 Å². The molecular weight excluding hydrogens is 184 g/mol. The van der Waals surface area contributed by atoms with Gasteiger partial charge < -0.3 is 10.8 Å². The molecule has 66 valence electrons. The van der Waals surface area contributed by atoms with Crippen LogP contribution < -0.4 is 5.73 Å². The first-order chi connectivity index (χ1) is 5.48. The number of halogens is 1. The van der Waals surface area contributed by atoms with Crippen LogP contribution in [0.1, 0.15) is 0 Å². The van der Waals surface area contributed by atoms with Crippen LogP contribution in [0.3, 0.4) is 0 Å². The van der Waals surface area contributed by atoms with Crippen molar-refractivity contribution in [1.82, 2.24) is 0 Å². The molecule has 0 heterocycles. The predicted octanol–water partition coefficient (Wildman–Crippen LogP) is -0.0285. The predicted molar refractivity (Wildman–Crippen MR) is 43.0 cm³/mol. The lowest BCUT2D eigenvalue weighted by Crippen LogP contribution is -2.46. The Hall–Kier alpha value is -1.07. The van der Waals surface area contributed by atoms with E-state index in [1.807, 2.05) is 0 Å². The van der Waals surface area contributed by atoms with E-state index in [4.69, 9.17) is 17.3 Å². The van der Waals surface area contributed by atoms with Gasteiger partial charge in [-0.2, -0.15) is 0 Å². The first-order valence-corrected chi connectivity index (χ1v) is 3.52. The van der Waals surface area contributed by atoms with E-state index < -0.39 is 16.0 Å². The van der Waals surface area contributed by atoms with Crippen molar-refractivity contribution in [3.63, 3.8) is 0 Å². The molecular formula is C6H7ClN2O3. The fourth-order valence-electron chi connectivity index (χ4n) is 0.871. The Balaban J connectivity index is 3.03. The molecule has 0 saturated carbocycles. The summed E-state index contributed by atoms with van der Waals surface area (Å²) in [4.78, 5) is 7.61. The number of hydrogen-bond donors (Lipinski definition) is 2. The van der Waals surface area contributed by atoms with E-state index in [-0.39, 0.29) is 5.70 Å². The second-order valence-electron chi connectivity index (χ2n) is 2.41. The lowest BCUT2D eigenvalue weighted by atomic mass is 10.0. The number of hydrogen-bond acceptors (Lipinski definition) is 4. The van der Waals surface area contributed by atoms with Gasteiger partial charge in [-0.1, -0.05) is 6.08 Å². The van der Waals surface area contributed by atoms with Crippen molar-refractivity contribution in [2.24, 2.45) is 5.73 Å². The third-order valence-electron chi connectivity index (χ3n) is 1.60. The maximum Gasteiger partial charge on any atom is 0.344 e. The van der Waals surface area contributed by atoms with Gasteiger partial charge in [-0.3, -0.25) is 10.1 Å². The van der Waals surface area contributed by atoms with E-state index >= 15 is 0 Å². The Morgan fingerprint density at radius 2 is 2.42 bits per heavy atom. The standard InChI is InChI=1S/C6H7ClN2O3/c7-6(9(11)12)3-1-2-4(8)5(6)10/h1-3,5,10H,8H2. The molecule has 0 aromatic heterocycles. The lowest BCUT2D eigenvalue weighted by molar-refractivity contribution is -0.538. The third-order valence-corrected chi connectivity index (χ3v) is 2.07. The molecule has 0 aromatic rings. The van der Waals surface area contributed by atoms with Crippen LogP contribution in [0.15, 0.2) is 23.9 Å². The zero-order chi connectivity index (χ0) is 9.35. The van der Waals surface area contributed by atoms with Crippen LogP contribution in [-0.4, -0.2) is 21.1 Å². The first-order valence-electron chi connectivity index (χ1n) is 3.15. The van der Waals surface area contributed by atoms with Crippen molar-refractivity contribution in [1.29, 1.82) is 0 Å². The Morgan fingerprint density at radius 1 is 1.83 bits per heavy atom. The summed E-state index contributed by atoms with van der Waals surface area (Å²) in [5.41, 5.74) is 5.25. The van der Waals surface area contributed by atoms with Crippen molar-refractivity contribution in [3.05, 3.63) is 34.0 Å². The molecule has 0 radical (unpaired) electrons. The SMILES string of the molecule is NC1=CC=CC(Cl)([N+](=O)[O-])C1O. The molecule has 5 nitrogen and oxygen atoms in total. The van der Waals surface area contributed by atoms with Gasteiger partial charge in [0.2, 0.25) is 0 Å². The number of nitro groups is 1. The van der Waals surface area contributed by atoms with Gasteiger partial charge in [0.05, 0.1) is 4.92 Å². The quantitative estimate of drug-likeness (QED) is 0.263. The van der Waals surface area contributed by atoms with Crippen LogP contribution in [-0.2, 0) is 0 Å². The summed E-state index contributed by atoms with van der Waals surface area (Å²) in [6.45, 7) is 0. The van der Waals surface area contributed by atoms with Crippen molar-refractivity contribution < 1.29 is 10.0 Å². The number of alkyl halides is 1. The summed E-state index contributed by atoms with van der Waals surface area (Å²) in [6, 6.07) is 0. The monoisotopic (exact) mass is 190 g/mol. The van der Waals surface area contributed by atoms with Crippen LogP contribution in [0.4, 0.5) is 0 Å². The smallest absolute Gasteiger partial charge is 0.344 e. The van der Waals surface area contributed by atoms with E-state index in [1.54, 1.807) is 0 Å². The summed E-state index contributed by atoms with van der Waals surface area (Å²) < 4.78 is 0. The Bertz CT molecular complexity index is 276. The number of nitrogens with two attached hydrogens (primary N) is 1. The fourth-order valence-corrected chi connectivity index (χ4v) is 1.07. The third kappa shape index (κ3) is 1.17. The molecule has 2 unspecified atom stereocenters. The van der Waals surface area contributed by atoms with E-state index in [9.17, 15) is 15.2 Å². The highest BCUT2D eigenvalue weighted by Gasteiger charge is 2.48. The number of rotatable bonds is 1.